The maximum absolute atomic E-state index is 11.5. The number of rotatable bonds is 3. The van der Waals surface area contributed by atoms with E-state index in [9.17, 15) is 9.90 Å². The molecule has 5 nitrogen and oxygen atoms in total. The van der Waals surface area contributed by atoms with Crippen molar-refractivity contribution in [2.75, 3.05) is 0 Å². The molecule has 0 aromatic carbocycles. The van der Waals surface area contributed by atoms with Gasteiger partial charge in [0.05, 0.1) is 17.6 Å². The second-order valence-corrected chi connectivity index (χ2v) is 5.69. The maximum Gasteiger partial charge on any atom is 0.307 e. The van der Waals surface area contributed by atoms with Crippen LogP contribution >= 0.6 is 0 Å². The molecule has 106 valence electrons. The van der Waals surface area contributed by atoms with Crippen LogP contribution in [0.1, 0.15) is 37.9 Å². The molecule has 2 heterocycles. The monoisotopic (exact) mass is 273 g/mol. The highest BCUT2D eigenvalue weighted by molar-refractivity contribution is 5.76. The van der Waals surface area contributed by atoms with Gasteiger partial charge in [-0.2, -0.15) is 0 Å². The number of aliphatic carboxylic acids is 1. The molecule has 2 aromatic heterocycles. The summed E-state index contributed by atoms with van der Waals surface area (Å²) < 4.78 is 2.02. The third-order valence-corrected chi connectivity index (χ3v) is 4.60. The Bertz CT molecular complexity index is 650. The number of nitrogens with zero attached hydrogens (tertiary/aromatic N) is 3. The van der Waals surface area contributed by atoms with E-state index in [1.54, 1.807) is 12.4 Å². The Morgan fingerprint density at radius 2 is 2.30 bits per heavy atom. The van der Waals surface area contributed by atoms with E-state index >= 15 is 0 Å². The topological polar surface area (TPSA) is 68.0 Å². The van der Waals surface area contributed by atoms with Gasteiger partial charge in [-0.25, -0.2) is 4.98 Å². The van der Waals surface area contributed by atoms with Gasteiger partial charge in [-0.3, -0.25) is 9.78 Å². The van der Waals surface area contributed by atoms with E-state index in [0.29, 0.717) is 5.92 Å². The molecule has 2 aromatic rings. The highest BCUT2D eigenvalue weighted by Gasteiger charge is 2.41. The van der Waals surface area contributed by atoms with Gasteiger partial charge in [0.15, 0.2) is 0 Å². The zero-order valence-corrected chi connectivity index (χ0v) is 11.8. The van der Waals surface area contributed by atoms with Crippen LogP contribution in [0, 0.1) is 11.8 Å². The van der Waals surface area contributed by atoms with E-state index in [0.717, 1.165) is 36.1 Å². The Balaban J connectivity index is 2.04. The Morgan fingerprint density at radius 1 is 1.50 bits per heavy atom. The van der Waals surface area contributed by atoms with Gasteiger partial charge in [-0.15, -0.1) is 0 Å². The molecule has 0 aliphatic heterocycles. The van der Waals surface area contributed by atoms with Gasteiger partial charge in [0.25, 0.3) is 0 Å². The minimum Gasteiger partial charge on any atom is -0.481 e. The van der Waals surface area contributed by atoms with Crippen molar-refractivity contribution in [2.45, 2.75) is 32.1 Å². The summed E-state index contributed by atoms with van der Waals surface area (Å²) in [6, 6.07) is 1.92. The SMILES string of the molecule is CCC1CC(C(=O)O)C(c2nc3cnccc3n2C)C1. The van der Waals surface area contributed by atoms with Crippen LogP contribution in [0.3, 0.4) is 0 Å². The van der Waals surface area contributed by atoms with Crippen molar-refractivity contribution in [1.82, 2.24) is 14.5 Å². The number of fused-ring (bicyclic) bond motifs is 1. The number of carboxylic acid groups (broad SMARTS) is 1. The predicted molar refractivity (Wildman–Crippen MR) is 75.4 cm³/mol. The fourth-order valence-electron chi connectivity index (χ4n) is 3.44. The van der Waals surface area contributed by atoms with Crippen LogP contribution in [-0.4, -0.2) is 25.6 Å². The summed E-state index contributed by atoms with van der Waals surface area (Å²) in [6.45, 7) is 2.13. The summed E-state index contributed by atoms with van der Waals surface area (Å²) >= 11 is 0. The average Bonchev–Trinajstić information content (AvgIpc) is 3.01. The van der Waals surface area contributed by atoms with Gasteiger partial charge in [0, 0.05) is 19.2 Å². The highest BCUT2D eigenvalue weighted by Crippen LogP contribution is 2.44. The lowest BCUT2D eigenvalue weighted by atomic mass is 9.95. The summed E-state index contributed by atoms with van der Waals surface area (Å²) in [5.41, 5.74) is 1.85. The van der Waals surface area contributed by atoms with Crippen LogP contribution < -0.4 is 0 Å². The molecule has 3 atom stereocenters. The molecule has 0 spiro atoms. The molecule has 0 radical (unpaired) electrons. The number of carboxylic acids is 1. The Hall–Kier alpha value is -1.91. The van der Waals surface area contributed by atoms with E-state index in [1.165, 1.54) is 0 Å². The van der Waals surface area contributed by atoms with Gasteiger partial charge >= 0.3 is 5.97 Å². The van der Waals surface area contributed by atoms with Crippen LogP contribution in [0.25, 0.3) is 11.0 Å². The van der Waals surface area contributed by atoms with Crippen LogP contribution in [0.2, 0.25) is 0 Å². The first-order chi connectivity index (χ1) is 9.61. The molecule has 5 heteroatoms. The van der Waals surface area contributed by atoms with E-state index in [4.69, 9.17) is 0 Å². The lowest BCUT2D eigenvalue weighted by Crippen LogP contribution is -2.19. The number of aromatic nitrogens is 3. The average molecular weight is 273 g/mol. The van der Waals surface area contributed by atoms with Crippen molar-refractivity contribution in [3.63, 3.8) is 0 Å². The highest BCUT2D eigenvalue weighted by atomic mass is 16.4. The van der Waals surface area contributed by atoms with Gasteiger partial charge in [0.1, 0.15) is 11.3 Å². The van der Waals surface area contributed by atoms with E-state index in [2.05, 4.69) is 16.9 Å². The van der Waals surface area contributed by atoms with Crippen molar-refractivity contribution in [1.29, 1.82) is 0 Å². The summed E-state index contributed by atoms with van der Waals surface area (Å²) in [6.07, 6.45) is 6.19. The lowest BCUT2D eigenvalue weighted by molar-refractivity contribution is -0.142. The van der Waals surface area contributed by atoms with E-state index in [-0.39, 0.29) is 11.8 Å². The van der Waals surface area contributed by atoms with Gasteiger partial charge in [-0.05, 0) is 24.8 Å². The third kappa shape index (κ3) is 1.97. The Kier molecular flexibility index (Phi) is 3.20. The normalized spacial score (nSPS) is 26.2. The number of aryl methyl sites for hydroxylation is 1. The lowest BCUT2D eigenvalue weighted by Gasteiger charge is -2.15. The van der Waals surface area contributed by atoms with Crippen molar-refractivity contribution < 1.29 is 9.90 Å². The summed E-state index contributed by atoms with van der Waals surface area (Å²) in [5, 5.41) is 9.47. The van der Waals surface area contributed by atoms with E-state index < -0.39 is 5.97 Å². The largest absolute Gasteiger partial charge is 0.481 e. The summed E-state index contributed by atoms with van der Waals surface area (Å²) in [5.74, 6) is 0.366. The summed E-state index contributed by atoms with van der Waals surface area (Å²) in [4.78, 5) is 20.2. The minimum atomic E-state index is -0.698. The molecule has 0 bridgehead atoms. The van der Waals surface area contributed by atoms with Crippen molar-refractivity contribution >= 4 is 17.0 Å². The van der Waals surface area contributed by atoms with Crippen molar-refractivity contribution in [2.24, 2.45) is 18.9 Å². The maximum atomic E-state index is 11.5. The molecule has 3 rings (SSSR count). The molecule has 0 amide bonds. The molecular weight excluding hydrogens is 254 g/mol. The van der Waals surface area contributed by atoms with Gasteiger partial charge in [0.2, 0.25) is 0 Å². The molecule has 20 heavy (non-hydrogen) atoms. The first-order valence-electron chi connectivity index (χ1n) is 7.11. The molecule has 1 saturated carbocycles. The van der Waals surface area contributed by atoms with Gasteiger partial charge < -0.3 is 9.67 Å². The molecule has 1 aliphatic rings. The molecule has 1 N–H and O–H groups in total. The molecule has 0 saturated heterocycles. The fourth-order valence-corrected chi connectivity index (χ4v) is 3.44. The summed E-state index contributed by atoms with van der Waals surface area (Å²) in [7, 11) is 1.96. The Morgan fingerprint density at radius 3 is 2.95 bits per heavy atom. The Labute approximate surface area is 117 Å². The second-order valence-electron chi connectivity index (χ2n) is 5.69. The number of hydrogen-bond acceptors (Lipinski definition) is 3. The second kappa shape index (κ2) is 4.89. The molecular formula is C15H19N3O2. The number of pyridine rings is 1. The van der Waals surface area contributed by atoms with Crippen LogP contribution in [0.4, 0.5) is 0 Å². The quantitative estimate of drug-likeness (QED) is 0.933. The van der Waals surface area contributed by atoms with Gasteiger partial charge in [-0.1, -0.05) is 13.3 Å². The predicted octanol–water partition coefficient (Wildman–Crippen LogP) is 2.57. The van der Waals surface area contributed by atoms with Crippen LogP contribution in [0.5, 0.6) is 0 Å². The number of imidazole rings is 1. The third-order valence-electron chi connectivity index (χ3n) is 4.60. The van der Waals surface area contributed by atoms with E-state index in [1.807, 2.05) is 17.7 Å². The number of hydrogen-bond donors (Lipinski definition) is 1. The molecule has 1 aliphatic carbocycles. The first kappa shape index (κ1) is 13.1. The molecule has 1 fully saturated rings. The van der Waals surface area contributed by atoms with Crippen molar-refractivity contribution in [3.8, 4) is 0 Å². The zero-order valence-electron chi connectivity index (χ0n) is 11.8. The van der Waals surface area contributed by atoms with Crippen LogP contribution in [0.15, 0.2) is 18.5 Å². The smallest absolute Gasteiger partial charge is 0.307 e. The zero-order chi connectivity index (χ0) is 14.3. The standard InChI is InChI=1S/C15H19N3O2/c1-3-9-6-10(11(7-9)15(19)20)14-17-12-8-16-5-4-13(12)18(14)2/h4-5,8-11H,3,6-7H2,1-2H3,(H,19,20). The molecule has 3 unspecified atom stereocenters. The number of carbonyl (C=O) groups is 1. The van der Waals surface area contributed by atoms with Crippen LogP contribution in [-0.2, 0) is 11.8 Å². The first-order valence-corrected chi connectivity index (χ1v) is 7.11. The fraction of sp³-hybridized carbons (Fsp3) is 0.533. The van der Waals surface area contributed by atoms with Crippen molar-refractivity contribution in [3.05, 3.63) is 24.3 Å². The minimum absolute atomic E-state index is 0.00912.